The molecule has 1 saturated heterocycles. The number of benzene rings is 2. The smallest absolute Gasteiger partial charge is 0.263 e. The van der Waals surface area contributed by atoms with Crippen molar-refractivity contribution in [3.05, 3.63) is 76.9 Å². The van der Waals surface area contributed by atoms with Crippen LogP contribution in [0.1, 0.15) is 36.2 Å². The zero-order chi connectivity index (χ0) is 25.7. The fourth-order valence-corrected chi connectivity index (χ4v) is 6.07. The average Bonchev–Trinajstić information content (AvgIpc) is 3.33. The Balaban J connectivity index is 1.58. The van der Waals surface area contributed by atoms with Crippen LogP contribution < -0.4 is 4.90 Å². The van der Waals surface area contributed by atoms with Gasteiger partial charge in [0.15, 0.2) is 0 Å². The predicted octanol–water partition coefficient (Wildman–Crippen LogP) is 4.12. The summed E-state index contributed by atoms with van der Waals surface area (Å²) in [4.78, 5) is 17.3. The number of halogens is 1. The lowest BCUT2D eigenvalue weighted by atomic mass is 10.2. The van der Waals surface area contributed by atoms with Gasteiger partial charge in [-0.3, -0.25) is 9.48 Å². The van der Waals surface area contributed by atoms with Gasteiger partial charge in [-0.05, 0) is 37.1 Å². The predicted molar refractivity (Wildman–Crippen MR) is 142 cm³/mol. The maximum atomic E-state index is 13.7. The summed E-state index contributed by atoms with van der Waals surface area (Å²) in [6.07, 6.45) is 2.35. The van der Waals surface area contributed by atoms with Gasteiger partial charge in [-0.1, -0.05) is 54.9 Å². The first-order valence-electron chi connectivity index (χ1n) is 12.2. The molecule has 1 aliphatic heterocycles. The number of rotatable bonds is 9. The maximum absolute atomic E-state index is 13.7. The molecular weight excluding hydrogens is 498 g/mol. The highest BCUT2D eigenvalue weighted by Gasteiger charge is 2.35. The van der Waals surface area contributed by atoms with Gasteiger partial charge < -0.3 is 9.80 Å². The number of amides is 1. The molecule has 2 heterocycles. The molecule has 1 fully saturated rings. The van der Waals surface area contributed by atoms with Crippen molar-refractivity contribution in [3.63, 3.8) is 0 Å². The molecule has 1 amide bonds. The Morgan fingerprint density at radius 1 is 1.03 bits per heavy atom. The van der Waals surface area contributed by atoms with Gasteiger partial charge in [-0.25, -0.2) is 8.42 Å². The summed E-state index contributed by atoms with van der Waals surface area (Å²) in [5.74, 6) is -0.333. The van der Waals surface area contributed by atoms with E-state index in [0.29, 0.717) is 50.8 Å². The molecule has 0 aliphatic carbocycles. The van der Waals surface area contributed by atoms with E-state index in [9.17, 15) is 13.2 Å². The van der Waals surface area contributed by atoms with Crippen molar-refractivity contribution in [3.8, 4) is 0 Å². The number of anilines is 1. The van der Waals surface area contributed by atoms with Crippen molar-refractivity contribution in [2.45, 2.75) is 38.4 Å². The van der Waals surface area contributed by atoms with Crippen LogP contribution in [0.2, 0.25) is 5.02 Å². The standard InChI is InChI=1S/C26H32ClN5O3S/c1-3-13-31-20-24(26(33)29(4-2)19-21-9-6-5-7-10-21)25(28-31)36(34,35)32-16-14-30(15-17-32)23-12-8-11-22(27)18-23/h5-12,18,20H,3-4,13-17,19H2,1-2H3. The van der Waals surface area contributed by atoms with Crippen molar-refractivity contribution in [2.24, 2.45) is 0 Å². The summed E-state index contributed by atoms with van der Waals surface area (Å²) in [6, 6.07) is 17.2. The SMILES string of the molecule is CCCn1cc(C(=O)N(CC)Cc2ccccc2)c(S(=O)(=O)N2CCN(c3cccc(Cl)c3)CC2)n1. The highest BCUT2D eigenvalue weighted by Crippen LogP contribution is 2.25. The highest BCUT2D eigenvalue weighted by molar-refractivity contribution is 7.89. The third-order valence-corrected chi connectivity index (χ3v) is 8.36. The monoisotopic (exact) mass is 529 g/mol. The number of carbonyl (C=O) groups is 1. The van der Waals surface area contributed by atoms with E-state index >= 15 is 0 Å². The lowest BCUT2D eigenvalue weighted by Gasteiger charge is -2.35. The molecule has 192 valence electrons. The van der Waals surface area contributed by atoms with Crippen LogP contribution in [0.15, 0.2) is 65.8 Å². The van der Waals surface area contributed by atoms with E-state index < -0.39 is 10.0 Å². The van der Waals surface area contributed by atoms with E-state index in [1.165, 1.54) is 4.31 Å². The second-order valence-electron chi connectivity index (χ2n) is 8.79. The third-order valence-electron chi connectivity index (χ3n) is 6.29. The van der Waals surface area contributed by atoms with E-state index in [2.05, 4.69) is 10.00 Å². The van der Waals surface area contributed by atoms with E-state index in [-0.39, 0.29) is 16.5 Å². The van der Waals surface area contributed by atoms with Crippen molar-refractivity contribution in [1.29, 1.82) is 0 Å². The van der Waals surface area contributed by atoms with Crippen LogP contribution >= 0.6 is 11.6 Å². The van der Waals surface area contributed by atoms with Gasteiger partial charge in [0.1, 0.15) is 0 Å². The minimum absolute atomic E-state index is 0.124. The number of sulfonamides is 1. The van der Waals surface area contributed by atoms with Crippen LogP contribution in [0.3, 0.4) is 0 Å². The topological polar surface area (TPSA) is 78.8 Å². The fourth-order valence-electron chi connectivity index (χ4n) is 4.37. The fraction of sp³-hybridized carbons (Fsp3) is 0.385. The van der Waals surface area contributed by atoms with Crippen molar-refractivity contribution in [1.82, 2.24) is 19.0 Å². The Kier molecular flexibility index (Phi) is 8.33. The molecule has 2 aromatic carbocycles. The molecule has 3 aromatic rings. The molecule has 36 heavy (non-hydrogen) atoms. The molecule has 0 saturated carbocycles. The van der Waals surface area contributed by atoms with Gasteiger partial charge >= 0.3 is 0 Å². The molecule has 4 rings (SSSR count). The van der Waals surface area contributed by atoms with Gasteiger partial charge in [0.25, 0.3) is 15.9 Å². The second-order valence-corrected chi connectivity index (χ2v) is 11.1. The van der Waals surface area contributed by atoms with Crippen molar-refractivity contribution in [2.75, 3.05) is 37.6 Å². The Labute approximate surface area is 218 Å². The summed E-state index contributed by atoms with van der Waals surface area (Å²) in [5.41, 5.74) is 2.07. The molecule has 0 bridgehead atoms. The van der Waals surface area contributed by atoms with E-state index in [0.717, 1.165) is 17.7 Å². The quantitative estimate of drug-likeness (QED) is 0.416. The normalized spacial score (nSPS) is 14.7. The molecule has 0 atom stereocenters. The van der Waals surface area contributed by atoms with Gasteiger partial charge in [0, 0.05) is 62.7 Å². The molecule has 0 unspecified atom stereocenters. The van der Waals surface area contributed by atoms with Crippen LogP contribution in [0.5, 0.6) is 0 Å². The third kappa shape index (κ3) is 5.74. The van der Waals surface area contributed by atoms with Gasteiger partial charge in [0.2, 0.25) is 5.03 Å². The Hall–Kier alpha value is -2.88. The van der Waals surface area contributed by atoms with E-state index in [1.807, 2.05) is 68.4 Å². The van der Waals surface area contributed by atoms with Gasteiger partial charge in [-0.2, -0.15) is 9.40 Å². The first-order chi connectivity index (χ1) is 17.3. The second kappa shape index (κ2) is 11.5. The zero-order valence-corrected chi connectivity index (χ0v) is 22.2. The number of hydrogen-bond donors (Lipinski definition) is 0. The molecule has 1 aliphatic rings. The van der Waals surface area contributed by atoms with Gasteiger partial charge in [0.05, 0.1) is 5.56 Å². The van der Waals surface area contributed by atoms with Crippen molar-refractivity contribution >= 4 is 33.2 Å². The Morgan fingerprint density at radius 3 is 2.39 bits per heavy atom. The molecule has 8 nitrogen and oxygen atoms in total. The average molecular weight is 530 g/mol. The minimum Gasteiger partial charge on any atom is -0.369 e. The molecule has 0 radical (unpaired) electrons. The summed E-state index contributed by atoms with van der Waals surface area (Å²) in [6.45, 7) is 6.89. The molecule has 0 spiro atoms. The summed E-state index contributed by atoms with van der Waals surface area (Å²) in [7, 11) is -3.96. The number of hydrogen-bond acceptors (Lipinski definition) is 5. The van der Waals surface area contributed by atoms with Crippen LogP contribution in [0, 0.1) is 0 Å². The van der Waals surface area contributed by atoms with Gasteiger partial charge in [-0.15, -0.1) is 0 Å². The summed E-state index contributed by atoms with van der Waals surface area (Å²) >= 11 is 6.13. The van der Waals surface area contributed by atoms with E-state index in [1.54, 1.807) is 15.8 Å². The van der Waals surface area contributed by atoms with Crippen LogP contribution in [-0.4, -0.2) is 66.0 Å². The largest absolute Gasteiger partial charge is 0.369 e. The minimum atomic E-state index is -3.96. The zero-order valence-electron chi connectivity index (χ0n) is 20.7. The first-order valence-corrected chi connectivity index (χ1v) is 14.1. The Morgan fingerprint density at radius 2 is 1.75 bits per heavy atom. The molecule has 10 heteroatoms. The molecular formula is C26H32ClN5O3S. The number of carbonyl (C=O) groups excluding carboxylic acids is 1. The Bertz CT molecular complexity index is 1290. The van der Waals surface area contributed by atoms with E-state index in [4.69, 9.17) is 11.6 Å². The maximum Gasteiger partial charge on any atom is 0.263 e. The summed E-state index contributed by atoms with van der Waals surface area (Å²) in [5, 5.41) is 4.87. The number of nitrogens with zero attached hydrogens (tertiary/aromatic N) is 5. The van der Waals surface area contributed by atoms with Crippen LogP contribution in [0.25, 0.3) is 0 Å². The number of aryl methyl sites for hydroxylation is 1. The lowest BCUT2D eigenvalue weighted by Crippen LogP contribution is -2.49. The van der Waals surface area contributed by atoms with Crippen LogP contribution in [0.4, 0.5) is 5.69 Å². The molecule has 1 aromatic heterocycles. The first kappa shape index (κ1) is 26.2. The number of piperazine rings is 1. The summed E-state index contributed by atoms with van der Waals surface area (Å²) < 4.78 is 30.5. The number of aromatic nitrogens is 2. The highest BCUT2D eigenvalue weighted by atomic mass is 35.5. The molecule has 0 N–H and O–H groups in total. The lowest BCUT2D eigenvalue weighted by molar-refractivity contribution is 0.0748. The van der Waals surface area contributed by atoms with Crippen LogP contribution in [-0.2, 0) is 23.1 Å². The van der Waals surface area contributed by atoms with Crippen molar-refractivity contribution < 1.29 is 13.2 Å².